The van der Waals surface area contributed by atoms with Crippen LogP contribution in [0.4, 0.5) is 11.4 Å². The highest BCUT2D eigenvalue weighted by Gasteiger charge is 2.34. The average Bonchev–Trinajstić information content (AvgIpc) is 2.81. The Balaban J connectivity index is 1.61. The molecule has 0 saturated carbocycles. The molecule has 0 unspecified atom stereocenters. The number of hydrogen-bond donors (Lipinski definition) is 3. The molecule has 1 aliphatic rings. The number of benzene rings is 2. The Bertz CT molecular complexity index is 1230. The van der Waals surface area contributed by atoms with E-state index in [2.05, 4.69) is 22.0 Å². The molecule has 0 spiro atoms. The van der Waals surface area contributed by atoms with E-state index < -0.39 is 6.04 Å². The maximum Gasteiger partial charge on any atom is 0.250 e. The van der Waals surface area contributed by atoms with Crippen molar-refractivity contribution in [2.75, 3.05) is 17.2 Å². The number of anilines is 2. The minimum absolute atomic E-state index is 0.0528. The maximum atomic E-state index is 13.0. The van der Waals surface area contributed by atoms with Gasteiger partial charge < -0.3 is 20.5 Å². The number of aryl methyl sites for hydroxylation is 1. The smallest absolute Gasteiger partial charge is 0.250 e. The molecule has 7 nitrogen and oxygen atoms in total. The molecule has 3 aromatic rings. The van der Waals surface area contributed by atoms with Crippen molar-refractivity contribution >= 4 is 17.3 Å². The van der Waals surface area contributed by atoms with E-state index in [1.54, 1.807) is 37.5 Å². The van der Waals surface area contributed by atoms with Gasteiger partial charge in [0, 0.05) is 25.9 Å². The molecule has 0 radical (unpaired) electrons. The van der Waals surface area contributed by atoms with Gasteiger partial charge in [-0.1, -0.05) is 43.3 Å². The minimum Gasteiger partial charge on any atom is -0.369 e. The molecule has 7 heteroatoms. The molecule has 2 aromatic carbocycles. The van der Waals surface area contributed by atoms with Gasteiger partial charge in [0.1, 0.15) is 12.1 Å². The number of nitrogens with zero attached hydrogens (tertiary/aromatic N) is 2. The number of rotatable bonds is 6. The summed E-state index contributed by atoms with van der Waals surface area (Å²) >= 11 is 0. The Morgan fingerprint density at radius 1 is 1.09 bits per heavy atom. The Kier molecular flexibility index (Phi) is 6.06. The van der Waals surface area contributed by atoms with Gasteiger partial charge in [-0.2, -0.15) is 5.26 Å². The largest absolute Gasteiger partial charge is 0.369 e. The highest BCUT2D eigenvalue weighted by Crippen LogP contribution is 2.33. The Hall–Kier alpha value is -3.89. The highest BCUT2D eigenvalue weighted by atomic mass is 16.2. The number of pyridine rings is 1. The topological polar surface area (TPSA) is 98.9 Å². The van der Waals surface area contributed by atoms with Crippen LogP contribution in [0.15, 0.2) is 71.7 Å². The van der Waals surface area contributed by atoms with Gasteiger partial charge in [0.25, 0.3) is 5.56 Å². The van der Waals surface area contributed by atoms with E-state index >= 15 is 0 Å². The summed E-state index contributed by atoms with van der Waals surface area (Å²) in [6, 6.07) is 19.8. The monoisotopic (exact) mass is 427 g/mol. The number of carbonyl (C=O) groups excluding carboxylic acids is 1. The van der Waals surface area contributed by atoms with Gasteiger partial charge in [-0.05, 0) is 35.2 Å². The third kappa shape index (κ3) is 4.27. The Morgan fingerprint density at radius 3 is 2.59 bits per heavy atom. The molecule has 0 bridgehead atoms. The van der Waals surface area contributed by atoms with E-state index in [0.29, 0.717) is 23.5 Å². The number of para-hydroxylation sites is 1. The number of carbonyl (C=O) groups is 1. The fourth-order valence-electron chi connectivity index (χ4n) is 3.95. The van der Waals surface area contributed by atoms with Gasteiger partial charge in [-0.25, -0.2) is 0 Å². The van der Waals surface area contributed by atoms with Crippen molar-refractivity contribution in [2.45, 2.75) is 24.9 Å². The lowest BCUT2D eigenvalue weighted by Gasteiger charge is -2.34. The number of nitriles is 1. The molecule has 0 saturated heterocycles. The lowest BCUT2D eigenvalue weighted by atomic mass is 9.94. The van der Waals surface area contributed by atoms with Crippen LogP contribution in [-0.2, 0) is 11.8 Å². The second-order valence-electron chi connectivity index (χ2n) is 8.06. The van der Waals surface area contributed by atoms with Crippen molar-refractivity contribution in [1.29, 1.82) is 5.26 Å². The van der Waals surface area contributed by atoms with Crippen molar-refractivity contribution in [3.63, 3.8) is 0 Å². The predicted octanol–water partition coefficient (Wildman–Crippen LogP) is 3.12. The van der Waals surface area contributed by atoms with Crippen molar-refractivity contribution in [3.8, 4) is 6.07 Å². The van der Waals surface area contributed by atoms with Crippen LogP contribution < -0.4 is 21.5 Å². The Labute approximate surface area is 186 Å². The van der Waals surface area contributed by atoms with Crippen LogP contribution in [-0.4, -0.2) is 23.1 Å². The number of nitrogens with one attached hydrogen (secondary N) is 3. The van der Waals surface area contributed by atoms with Gasteiger partial charge in [0.05, 0.1) is 23.0 Å². The number of amides is 1. The molecular formula is C25H25N5O2. The van der Waals surface area contributed by atoms with E-state index in [9.17, 15) is 14.9 Å². The van der Waals surface area contributed by atoms with Crippen LogP contribution in [0.1, 0.15) is 35.6 Å². The van der Waals surface area contributed by atoms with E-state index in [4.69, 9.17) is 0 Å². The summed E-state index contributed by atoms with van der Waals surface area (Å²) in [4.78, 5) is 25.1. The van der Waals surface area contributed by atoms with Gasteiger partial charge >= 0.3 is 0 Å². The van der Waals surface area contributed by atoms with E-state index in [-0.39, 0.29) is 23.4 Å². The van der Waals surface area contributed by atoms with Crippen LogP contribution in [0.25, 0.3) is 0 Å². The molecule has 1 amide bonds. The van der Waals surface area contributed by atoms with Crippen LogP contribution in [0.2, 0.25) is 0 Å². The third-order valence-corrected chi connectivity index (χ3v) is 5.86. The molecule has 3 atom stereocenters. The quantitative estimate of drug-likeness (QED) is 0.561. The zero-order valence-corrected chi connectivity index (χ0v) is 18.0. The lowest BCUT2D eigenvalue weighted by Crippen LogP contribution is -2.48. The summed E-state index contributed by atoms with van der Waals surface area (Å²) in [6.45, 7) is 2.60. The van der Waals surface area contributed by atoms with Crippen LogP contribution in [0.3, 0.4) is 0 Å². The Morgan fingerprint density at radius 2 is 1.88 bits per heavy atom. The number of aromatic nitrogens is 1. The van der Waals surface area contributed by atoms with Crippen molar-refractivity contribution < 1.29 is 4.79 Å². The molecule has 2 heterocycles. The summed E-state index contributed by atoms with van der Waals surface area (Å²) in [6.07, 6.45) is 1.76. The molecule has 162 valence electrons. The summed E-state index contributed by atoms with van der Waals surface area (Å²) in [5.74, 6) is -0.112. The lowest BCUT2D eigenvalue weighted by molar-refractivity contribution is -0.117. The molecule has 4 rings (SSSR count). The number of fused-ring (bicyclic) bond motifs is 1. The normalized spacial score (nSPS) is 16.8. The van der Waals surface area contributed by atoms with E-state index in [1.165, 1.54) is 4.57 Å². The summed E-state index contributed by atoms with van der Waals surface area (Å²) in [7, 11) is 1.72. The van der Waals surface area contributed by atoms with Gasteiger partial charge in [0.15, 0.2) is 0 Å². The first-order valence-electron chi connectivity index (χ1n) is 10.5. The summed E-state index contributed by atoms with van der Waals surface area (Å²) < 4.78 is 1.54. The first kappa shape index (κ1) is 21.3. The van der Waals surface area contributed by atoms with Crippen LogP contribution >= 0.6 is 0 Å². The third-order valence-electron chi connectivity index (χ3n) is 5.86. The minimum atomic E-state index is -0.616. The van der Waals surface area contributed by atoms with Crippen molar-refractivity contribution in [2.24, 2.45) is 7.05 Å². The summed E-state index contributed by atoms with van der Waals surface area (Å²) in [5, 5.41) is 19.2. The molecule has 0 aliphatic carbocycles. The molecule has 1 aromatic heterocycles. The van der Waals surface area contributed by atoms with Gasteiger partial charge in [-0.15, -0.1) is 0 Å². The average molecular weight is 428 g/mol. The van der Waals surface area contributed by atoms with Gasteiger partial charge in [0.2, 0.25) is 5.91 Å². The molecule has 1 aliphatic heterocycles. The second-order valence-corrected chi connectivity index (χ2v) is 8.06. The van der Waals surface area contributed by atoms with E-state index in [1.807, 2.05) is 43.3 Å². The highest BCUT2D eigenvalue weighted by molar-refractivity contribution is 6.04. The van der Waals surface area contributed by atoms with Crippen molar-refractivity contribution in [1.82, 2.24) is 9.88 Å². The second kappa shape index (κ2) is 9.08. The molecule has 3 N–H and O–H groups in total. The number of hydrogen-bond acceptors (Lipinski definition) is 5. The van der Waals surface area contributed by atoms with Crippen LogP contribution in [0, 0.1) is 11.3 Å². The van der Waals surface area contributed by atoms with E-state index in [0.717, 1.165) is 11.1 Å². The SMILES string of the molecule is C[C@@H](CN[C@H](c1ccccc1)[C@@H]1Nc2c(C#N)cccc2NC1=O)c1ccn(C)c(=O)c1. The van der Waals surface area contributed by atoms with Crippen LogP contribution in [0.5, 0.6) is 0 Å². The standard InChI is InChI=1S/C25H25N5O2/c1-16(18-11-12-30(2)21(31)13-18)15-27-23(17-7-4-3-5-8-17)24-25(32)28-20-10-6-9-19(14-26)22(20)29-24/h3-13,16,23-24,27,29H,15H2,1-2H3,(H,28,32)/t16-,23+,24-/m0/s1. The van der Waals surface area contributed by atoms with Gasteiger partial charge in [-0.3, -0.25) is 9.59 Å². The fourth-order valence-corrected chi connectivity index (χ4v) is 3.95. The van der Waals surface area contributed by atoms with Crippen molar-refractivity contribution in [3.05, 3.63) is 93.9 Å². The zero-order valence-electron chi connectivity index (χ0n) is 18.0. The predicted molar refractivity (Wildman–Crippen MR) is 124 cm³/mol. The molecule has 0 fully saturated rings. The summed E-state index contributed by atoms with van der Waals surface area (Å²) in [5.41, 5.74) is 3.54. The first-order chi connectivity index (χ1) is 15.5. The molecule has 32 heavy (non-hydrogen) atoms. The zero-order chi connectivity index (χ0) is 22.7. The fraction of sp³-hybridized carbons (Fsp3) is 0.240. The first-order valence-corrected chi connectivity index (χ1v) is 10.5. The molecular weight excluding hydrogens is 402 g/mol. The maximum absolute atomic E-state index is 13.0.